The van der Waals surface area contributed by atoms with Gasteiger partial charge in [-0.3, -0.25) is 0 Å². The molecule has 2 N–H and O–H groups in total. The molecule has 1 unspecified atom stereocenters. The molecule has 0 aliphatic carbocycles. The summed E-state index contributed by atoms with van der Waals surface area (Å²) in [7, 11) is 1.30. The summed E-state index contributed by atoms with van der Waals surface area (Å²) in [6.07, 6.45) is -15.2. The standard InChI is InChI=1S/C27H23F9N2O3/c1-40-22-4-2-3-20(23(22)29)16-7-5-15(6-8-16)11-21(38-25(39)37-10-9-26(32,33)34)17-12-18(28)14-19(13-17)41-27(35,36)24(30)31/h2-8,12-14,21,24H,9-11H2,1H3,(H2,37,38,39). The van der Waals surface area contributed by atoms with E-state index in [1.807, 2.05) is 5.32 Å². The van der Waals surface area contributed by atoms with Crippen molar-refractivity contribution in [1.29, 1.82) is 0 Å². The molecular formula is C27H23F9N2O3. The van der Waals surface area contributed by atoms with Crippen molar-refractivity contribution in [3.8, 4) is 22.6 Å². The Morgan fingerprint density at radius 1 is 0.951 bits per heavy atom. The molecule has 0 bridgehead atoms. The summed E-state index contributed by atoms with van der Waals surface area (Å²) in [5, 5.41) is 4.31. The molecule has 0 aromatic heterocycles. The molecule has 14 heteroatoms. The molecule has 2 amide bonds. The lowest BCUT2D eigenvalue weighted by molar-refractivity contribution is -0.253. The summed E-state index contributed by atoms with van der Waals surface area (Å²) < 4.78 is 127. The lowest BCUT2D eigenvalue weighted by atomic mass is 9.96. The molecule has 5 nitrogen and oxygen atoms in total. The second-order valence-electron chi connectivity index (χ2n) is 8.73. The van der Waals surface area contributed by atoms with Gasteiger partial charge in [0.2, 0.25) is 0 Å². The summed E-state index contributed by atoms with van der Waals surface area (Å²) in [5.74, 6) is -2.76. The second-order valence-corrected chi connectivity index (χ2v) is 8.73. The van der Waals surface area contributed by atoms with Crippen LogP contribution in [0.1, 0.15) is 23.6 Å². The maximum Gasteiger partial charge on any atom is 0.461 e. The van der Waals surface area contributed by atoms with Crippen LogP contribution >= 0.6 is 0 Å². The maximum absolute atomic E-state index is 14.7. The average molecular weight is 594 g/mol. The fraction of sp³-hybridized carbons (Fsp3) is 0.296. The molecular weight excluding hydrogens is 571 g/mol. The molecule has 1 atom stereocenters. The third-order valence-corrected chi connectivity index (χ3v) is 5.69. The molecule has 0 radical (unpaired) electrons. The van der Waals surface area contributed by atoms with E-state index in [9.17, 15) is 44.3 Å². The van der Waals surface area contributed by atoms with Crippen molar-refractivity contribution in [3.63, 3.8) is 0 Å². The van der Waals surface area contributed by atoms with Gasteiger partial charge < -0.3 is 20.1 Å². The predicted octanol–water partition coefficient (Wildman–Crippen LogP) is 7.41. The lowest BCUT2D eigenvalue weighted by Crippen LogP contribution is -2.40. The zero-order valence-corrected chi connectivity index (χ0v) is 21.2. The average Bonchev–Trinajstić information content (AvgIpc) is 2.87. The van der Waals surface area contributed by atoms with E-state index < -0.39 is 61.1 Å². The van der Waals surface area contributed by atoms with E-state index in [2.05, 4.69) is 10.1 Å². The van der Waals surface area contributed by atoms with E-state index in [1.54, 1.807) is 6.07 Å². The third-order valence-electron chi connectivity index (χ3n) is 5.69. The first-order chi connectivity index (χ1) is 19.2. The Labute approximate surface area is 228 Å². The largest absolute Gasteiger partial charge is 0.494 e. The number of hydrogen-bond acceptors (Lipinski definition) is 3. The maximum atomic E-state index is 14.7. The molecule has 222 valence electrons. The first-order valence-corrected chi connectivity index (χ1v) is 11.9. The number of urea groups is 1. The quantitative estimate of drug-likeness (QED) is 0.227. The van der Waals surface area contributed by atoms with E-state index in [-0.39, 0.29) is 23.3 Å². The van der Waals surface area contributed by atoms with Gasteiger partial charge in [-0.25, -0.2) is 13.6 Å². The number of amides is 2. The van der Waals surface area contributed by atoms with Crippen molar-refractivity contribution < 1.29 is 53.8 Å². The van der Waals surface area contributed by atoms with Crippen LogP contribution in [0.25, 0.3) is 11.1 Å². The Morgan fingerprint density at radius 3 is 2.24 bits per heavy atom. The van der Waals surface area contributed by atoms with Crippen molar-refractivity contribution >= 4 is 6.03 Å². The van der Waals surface area contributed by atoms with E-state index in [1.165, 1.54) is 43.5 Å². The number of rotatable bonds is 11. The molecule has 0 spiro atoms. The van der Waals surface area contributed by atoms with E-state index in [4.69, 9.17) is 4.74 Å². The summed E-state index contributed by atoms with van der Waals surface area (Å²) in [5.41, 5.74) is 0.887. The van der Waals surface area contributed by atoms with Crippen LogP contribution < -0.4 is 20.1 Å². The molecule has 0 saturated carbocycles. The van der Waals surface area contributed by atoms with Gasteiger partial charge in [-0.05, 0) is 41.3 Å². The number of halogens is 9. The highest BCUT2D eigenvalue weighted by atomic mass is 19.4. The van der Waals surface area contributed by atoms with Gasteiger partial charge in [0.25, 0.3) is 0 Å². The van der Waals surface area contributed by atoms with Crippen LogP contribution in [0.5, 0.6) is 11.5 Å². The number of hydrogen-bond donors (Lipinski definition) is 2. The Bertz CT molecular complexity index is 1330. The highest BCUT2D eigenvalue weighted by Gasteiger charge is 2.44. The molecule has 41 heavy (non-hydrogen) atoms. The fourth-order valence-electron chi connectivity index (χ4n) is 3.77. The summed E-state index contributed by atoms with van der Waals surface area (Å²) >= 11 is 0. The van der Waals surface area contributed by atoms with Crippen molar-refractivity contribution in [3.05, 3.63) is 83.4 Å². The molecule has 0 aliphatic rings. The van der Waals surface area contributed by atoms with Crippen LogP contribution in [0.15, 0.2) is 60.7 Å². The minimum atomic E-state index is -4.95. The minimum absolute atomic E-state index is 0.00826. The van der Waals surface area contributed by atoms with Gasteiger partial charge in [0, 0.05) is 18.2 Å². The third kappa shape index (κ3) is 8.95. The van der Waals surface area contributed by atoms with Crippen molar-refractivity contribution in [2.75, 3.05) is 13.7 Å². The molecule has 3 aromatic carbocycles. The first-order valence-electron chi connectivity index (χ1n) is 11.9. The van der Waals surface area contributed by atoms with Crippen LogP contribution in [0.3, 0.4) is 0 Å². The van der Waals surface area contributed by atoms with Gasteiger partial charge in [-0.15, -0.1) is 0 Å². The Morgan fingerprint density at radius 2 is 1.63 bits per heavy atom. The van der Waals surface area contributed by atoms with Crippen molar-refractivity contribution in [1.82, 2.24) is 10.6 Å². The number of methoxy groups -OCH3 is 1. The predicted molar refractivity (Wildman–Crippen MR) is 130 cm³/mol. The molecule has 0 fully saturated rings. The highest BCUT2D eigenvalue weighted by molar-refractivity contribution is 5.74. The highest BCUT2D eigenvalue weighted by Crippen LogP contribution is 2.32. The van der Waals surface area contributed by atoms with Gasteiger partial charge in [-0.2, -0.15) is 30.7 Å². The van der Waals surface area contributed by atoms with Crippen molar-refractivity contribution in [2.45, 2.75) is 37.6 Å². The van der Waals surface area contributed by atoms with E-state index in [0.717, 1.165) is 12.1 Å². The zero-order valence-electron chi connectivity index (χ0n) is 21.2. The van der Waals surface area contributed by atoms with Gasteiger partial charge in [0.1, 0.15) is 11.6 Å². The number of ether oxygens (including phenoxy) is 2. The van der Waals surface area contributed by atoms with Crippen LogP contribution in [0.4, 0.5) is 44.3 Å². The second kappa shape index (κ2) is 13.0. The number of carbonyl (C=O) groups excluding carboxylic acids is 1. The normalized spacial score (nSPS) is 12.7. The Kier molecular flexibility index (Phi) is 10.00. The number of benzene rings is 3. The minimum Gasteiger partial charge on any atom is -0.494 e. The Hall–Kier alpha value is -4.10. The van der Waals surface area contributed by atoms with E-state index >= 15 is 0 Å². The summed E-state index contributed by atoms with van der Waals surface area (Å²) in [6, 6.07) is 10.3. The van der Waals surface area contributed by atoms with Crippen LogP contribution in [0, 0.1) is 11.6 Å². The smallest absolute Gasteiger partial charge is 0.461 e. The number of nitrogens with one attached hydrogen (secondary N) is 2. The van der Waals surface area contributed by atoms with Gasteiger partial charge in [0.05, 0.1) is 19.6 Å². The topological polar surface area (TPSA) is 59.6 Å². The van der Waals surface area contributed by atoms with Crippen LogP contribution in [-0.2, 0) is 6.42 Å². The summed E-state index contributed by atoms with van der Waals surface area (Å²) in [4.78, 5) is 12.3. The molecule has 3 rings (SSSR count). The molecule has 0 aliphatic heterocycles. The summed E-state index contributed by atoms with van der Waals surface area (Å²) in [6.45, 7) is -0.791. The first kappa shape index (κ1) is 31.4. The lowest BCUT2D eigenvalue weighted by Gasteiger charge is -2.22. The van der Waals surface area contributed by atoms with Gasteiger partial charge in [-0.1, -0.05) is 36.4 Å². The number of carbonyl (C=O) groups is 1. The number of alkyl halides is 7. The monoisotopic (exact) mass is 594 g/mol. The van der Waals surface area contributed by atoms with E-state index in [0.29, 0.717) is 17.2 Å². The SMILES string of the molecule is COc1cccc(-c2ccc(CC(NC(=O)NCCC(F)(F)F)c3cc(F)cc(OC(F)(F)C(F)F)c3)cc2)c1F. The fourth-order valence-corrected chi connectivity index (χ4v) is 3.77. The molecule has 3 aromatic rings. The molecule has 0 saturated heterocycles. The van der Waals surface area contributed by atoms with Gasteiger partial charge in [0.15, 0.2) is 11.6 Å². The zero-order chi connectivity index (χ0) is 30.4. The Balaban J connectivity index is 1.89. The van der Waals surface area contributed by atoms with Gasteiger partial charge >= 0.3 is 24.7 Å². The molecule has 0 heterocycles. The van der Waals surface area contributed by atoms with Crippen LogP contribution in [0.2, 0.25) is 0 Å². The van der Waals surface area contributed by atoms with Crippen LogP contribution in [-0.4, -0.2) is 38.4 Å². The van der Waals surface area contributed by atoms with Crippen molar-refractivity contribution in [2.24, 2.45) is 0 Å².